The van der Waals surface area contributed by atoms with Gasteiger partial charge in [-0.1, -0.05) is 58.0 Å². The summed E-state index contributed by atoms with van der Waals surface area (Å²) in [5.41, 5.74) is 3.63. The maximum atomic E-state index is 16.9. The van der Waals surface area contributed by atoms with Crippen molar-refractivity contribution in [1.29, 1.82) is 0 Å². The van der Waals surface area contributed by atoms with Gasteiger partial charge in [-0.2, -0.15) is 0 Å². The molecule has 398 valence electrons. The summed E-state index contributed by atoms with van der Waals surface area (Å²) in [5, 5.41) is 2.67. The summed E-state index contributed by atoms with van der Waals surface area (Å²) in [5.74, 6) is -1.43. The molecule has 0 unspecified atom stereocenters. The molecule has 4 aromatic carbocycles. The maximum Gasteiger partial charge on any atom is 0.407 e. The summed E-state index contributed by atoms with van der Waals surface area (Å²) in [6, 6.07) is 15.9. The summed E-state index contributed by atoms with van der Waals surface area (Å²) in [6.07, 6.45) is 7.84. The van der Waals surface area contributed by atoms with Crippen LogP contribution in [0.4, 0.5) is 33.7 Å². The molecular weight excluding hydrogens is 963 g/mol. The zero-order valence-corrected chi connectivity index (χ0v) is 43.6. The van der Waals surface area contributed by atoms with E-state index in [4.69, 9.17) is 14.7 Å². The normalized spacial score (nSPS) is 20.9. The fourth-order valence-electron chi connectivity index (χ4n) is 12.4. The molecule has 75 heavy (non-hydrogen) atoms. The highest BCUT2D eigenvalue weighted by Crippen LogP contribution is 2.50. The third kappa shape index (κ3) is 10.6. The number of fused-ring (bicyclic) bond motifs is 2. The highest BCUT2D eigenvalue weighted by molar-refractivity contribution is 5.87. The third-order valence-electron chi connectivity index (χ3n) is 16.2. The van der Waals surface area contributed by atoms with E-state index in [0.29, 0.717) is 97.9 Å². The molecule has 13 nitrogen and oxygen atoms in total. The second kappa shape index (κ2) is 21.9. The summed E-state index contributed by atoms with van der Waals surface area (Å²) in [7, 11) is 1.24. The van der Waals surface area contributed by atoms with Crippen LogP contribution in [-0.4, -0.2) is 87.0 Å². The van der Waals surface area contributed by atoms with Crippen molar-refractivity contribution < 1.29 is 36.7 Å². The quantitative estimate of drug-likeness (QED) is 0.0863. The third-order valence-corrected chi connectivity index (χ3v) is 16.2. The smallest absolute Gasteiger partial charge is 0.407 e. The Hall–Kier alpha value is -6.65. The van der Waals surface area contributed by atoms with E-state index in [1.165, 1.54) is 36.9 Å². The van der Waals surface area contributed by atoms with Gasteiger partial charge in [0.15, 0.2) is 11.6 Å². The summed E-state index contributed by atoms with van der Waals surface area (Å²) in [6.45, 7) is 9.75. The number of likely N-dealkylation sites (tertiary alicyclic amines) is 2. The van der Waals surface area contributed by atoms with Gasteiger partial charge in [0.2, 0.25) is 11.8 Å². The standard InChI is InChI=1S/C58H69F4N9O4/c1-33(2)26-52(72)69-22-10-16-50(69)55-63-44-29-38(40(59)31-46(44)65-55)48-18-19-49(71(48)37-27-42(61)54(43(62)28-37)68-24-20-36(21-25-68)15-9-14-35-12-7-6-8-13-35)39-30-45-47(32-41(39)60)66-56(64-45)51-17-11-23-70(51)57(73)53(34(3)4)67-58(74)75-5/h6-8,12-13,27-34,36,48-51,53H,9-11,14-26H2,1-5H3,(H,63,65)(H,64,66)(H,67,74)/t48-,49-,50+,51+,53+/m1/s1. The summed E-state index contributed by atoms with van der Waals surface area (Å²) in [4.78, 5) is 62.9. The molecule has 0 bridgehead atoms. The second-order valence-electron chi connectivity index (χ2n) is 22.0. The number of benzene rings is 4. The SMILES string of the molecule is COC(=O)N[C@H](C(=O)N1CCC[C@H]1c1nc2cc(F)c([C@H]3CC[C@H](c4cc5[nH]c([C@@H]6CCCN6C(=O)CC(C)C)nc5cc4F)N3c3cc(F)c(N4CCC(CCCc5ccccc5)CC4)c(F)c3)cc2[nH]1)C(C)C. The topological polar surface area (TPSA) is 143 Å². The van der Waals surface area contributed by atoms with Crippen LogP contribution in [-0.2, 0) is 20.7 Å². The first-order valence-corrected chi connectivity index (χ1v) is 27.0. The lowest BCUT2D eigenvalue weighted by Crippen LogP contribution is -2.51. The number of carbonyl (C=O) groups excluding carboxylic acids is 3. The van der Waals surface area contributed by atoms with Gasteiger partial charge < -0.3 is 39.6 Å². The number of H-pyrrole nitrogens is 2. The number of halogens is 4. The number of hydrogen-bond donors (Lipinski definition) is 3. The molecule has 6 heterocycles. The lowest BCUT2D eigenvalue weighted by atomic mass is 9.90. The fourth-order valence-corrected chi connectivity index (χ4v) is 12.4. The van der Waals surface area contributed by atoms with Gasteiger partial charge in [-0.05, 0) is 118 Å². The van der Waals surface area contributed by atoms with Crippen molar-refractivity contribution in [2.24, 2.45) is 17.8 Å². The number of anilines is 2. The van der Waals surface area contributed by atoms with Crippen LogP contribution in [0, 0.1) is 41.0 Å². The molecule has 0 aliphatic carbocycles. The number of rotatable bonds is 15. The molecule has 4 fully saturated rings. The van der Waals surface area contributed by atoms with Crippen LogP contribution in [0.5, 0.6) is 0 Å². The molecule has 0 spiro atoms. The number of aromatic nitrogens is 4. The number of imidazole rings is 2. The number of nitrogens with one attached hydrogen (secondary N) is 3. The van der Waals surface area contributed by atoms with E-state index >= 15 is 17.6 Å². The van der Waals surface area contributed by atoms with Crippen LogP contribution in [0.3, 0.4) is 0 Å². The van der Waals surface area contributed by atoms with Gasteiger partial charge in [0.25, 0.3) is 0 Å². The molecule has 4 saturated heterocycles. The predicted octanol–water partition coefficient (Wildman–Crippen LogP) is 12.1. The van der Waals surface area contributed by atoms with Crippen LogP contribution in [0.1, 0.15) is 151 Å². The molecule has 0 radical (unpaired) electrons. The van der Waals surface area contributed by atoms with E-state index < -0.39 is 53.5 Å². The van der Waals surface area contributed by atoms with Crippen molar-refractivity contribution in [3.63, 3.8) is 0 Å². The number of ether oxygens (including phenoxy) is 1. The fraction of sp³-hybridized carbons (Fsp3) is 0.500. The lowest BCUT2D eigenvalue weighted by Gasteiger charge is -2.36. The molecule has 5 atom stereocenters. The minimum atomic E-state index is -0.840. The number of methoxy groups -OCH3 is 1. The number of aryl methyl sites for hydroxylation is 1. The van der Waals surface area contributed by atoms with Gasteiger partial charge in [0.05, 0.1) is 53.3 Å². The molecule has 3 N–H and O–H groups in total. The van der Waals surface area contributed by atoms with E-state index in [-0.39, 0.29) is 52.2 Å². The largest absolute Gasteiger partial charge is 0.453 e. The maximum absolute atomic E-state index is 16.9. The van der Waals surface area contributed by atoms with E-state index in [2.05, 4.69) is 27.4 Å². The van der Waals surface area contributed by atoms with E-state index in [9.17, 15) is 14.4 Å². The molecule has 4 aliphatic heterocycles. The summed E-state index contributed by atoms with van der Waals surface area (Å²) < 4.78 is 72.2. The first-order valence-electron chi connectivity index (χ1n) is 27.0. The monoisotopic (exact) mass is 1030 g/mol. The van der Waals surface area contributed by atoms with E-state index in [0.717, 1.165) is 44.9 Å². The Bertz CT molecular complexity index is 3020. The lowest BCUT2D eigenvalue weighted by molar-refractivity contribution is -0.135. The van der Waals surface area contributed by atoms with Crippen molar-refractivity contribution in [3.05, 3.63) is 118 Å². The van der Waals surface area contributed by atoms with Gasteiger partial charge in [-0.3, -0.25) is 9.59 Å². The van der Waals surface area contributed by atoms with Gasteiger partial charge in [0.1, 0.15) is 35.0 Å². The first-order chi connectivity index (χ1) is 36.1. The molecule has 4 aliphatic rings. The average molecular weight is 1030 g/mol. The zero-order chi connectivity index (χ0) is 52.7. The van der Waals surface area contributed by atoms with Crippen LogP contribution in [0.2, 0.25) is 0 Å². The van der Waals surface area contributed by atoms with E-state index in [1.54, 1.807) is 26.8 Å². The van der Waals surface area contributed by atoms with Crippen LogP contribution < -0.4 is 15.1 Å². The van der Waals surface area contributed by atoms with Crippen molar-refractivity contribution in [2.45, 2.75) is 135 Å². The van der Waals surface area contributed by atoms with Crippen molar-refractivity contribution in [1.82, 2.24) is 35.1 Å². The first kappa shape index (κ1) is 51.8. The minimum Gasteiger partial charge on any atom is -0.453 e. The number of aromatic amines is 2. The van der Waals surface area contributed by atoms with Crippen molar-refractivity contribution in [3.8, 4) is 0 Å². The number of amides is 3. The Morgan fingerprint density at radius 1 is 0.693 bits per heavy atom. The predicted molar refractivity (Wildman–Crippen MR) is 281 cm³/mol. The van der Waals surface area contributed by atoms with Crippen molar-refractivity contribution >= 4 is 51.3 Å². The van der Waals surface area contributed by atoms with Gasteiger partial charge >= 0.3 is 6.09 Å². The molecular formula is C58H69F4N9O4. The van der Waals surface area contributed by atoms with Crippen LogP contribution >= 0.6 is 0 Å². The zero-order valence-electron chi connectivity index (χ0n) is 43.6. The molecule has 10 rings (SSSR count). The molecule has 0 saturated carbocycles. The molecule has 2 aromatic heterocycles. The molecule has 3 amide bonds. The Morgan fingerprint density at radius 2 is 1.25 bits per heavy atom. The number of hydrogen-bond acceptors (Lipinski definition) is 8. The highest BCUT2D eigenvalue weighted by atomic mass is 19.1. The summed E-state index contributed by atoms with van der Waals surface area (Å²) >= 11 is 0. The number of alkyl carbamates (subject to hydrolysis) is 1. The van der Waals surface area contributed by atoms with Gasteiger partial charge in [-0.25, -0.2) is 32.3 Å². The van der Waals surface area contributed by atoms with E-state index in [1.807, 2.05) is 50.8 Å². The molecule has 17 heteroatoms. The highest BCUT2D eigenvalue weighted by Gasteiger charge is 2.42. The Kier molecular flexibility index (Phi) is 15.1. The van der Waals surface area contributed by atoms with Crippen LogP contribution in [0.15, 0.2) is 66.7 Å². The van der Waals surface area contributed by atoms with Gasteiger partial charge in [0, 0.05) is 61.5 Å². The Labute approximate surface area is 435 Å². The Balaban J connectivity index is 0.966. The Morgan fingerprint density at radius 3 is 1.80 bits per heavy atom. The van der Waals surface area contributed by atoms with Crippen LogP contribution in [0.25, 0.3) is 22.1 Å². The number of carbonyl (C=O) groups is 3. The molecule has 6 aromatic rings. The average Bonchev–Trinajstić information content (AvgIpc) is 4.25. The second-order valence-corrected chi connectivity index (χ2v) is 22.0. The number of piperidine rings is 1. The van der Waals surface area contributed by atoms with Gasteiger partial charge in [-0.15, -0.1) is 0 Å². The number of nitrogens with zero attached hydrogens (tertiary/aromatic N) is 6. The minimum absolute atomic E-state index is 0.0501. The van der Waals surface area contributed by atoms with Crippen molar-refractivity contribution in [2.75, 3.05) is 43.1 Å².